The molecule has 0 aromatic heterocycles. The number of nitrogens with zero attached hydrogens (tertiary/aromatic N) is 1. The molecule has 2 aromatic carbocycles. The summed E-state index contributed by atoms with van der Waals surface area (Å²) < 4.78 is 16.7. The maximum absolute atomic E-state index is 12.8. The molecule has 8 heteroatoms. The van der Waals surface area contributed by atoms with Crippen LogP contribution in [0.5, 0.6) is 11.5 Å². The van der Waals surface area contributed by atoms with E-state index in [4.69, 9.17) is 14.2 Å². The summed E-state index contributed by atoms with van der Waals surface area (Å²) in [6.07, 6.45) is 0.117. The van der Waals surface area contributed by atoms with Crippen LogP contribution < -0.4 is 20.1 Å². The van der Waals surface area contributed by atoms with Crippen molar-refractivity contribution in [2.75, 3.05) is 20.2 Å². The van der Waals surface area contributed by atoms with Gasteiger partial charge < -0.3 is 29.7 Å². The lowest BCUT2D eigenvalue weighted by molar-refractivity contribution is 0.0526. The molecule has 35 heavy (non-hydrogen) atoms. The van der Waals surface area contributed by atoms with Crippen molar-refractivity contribution in [3.63, 3.8) is 0 Å². The number of ether oxygens (including phenoxy) is 3. The molecule has 0 saturated heterocycles. The minimum atomic E-state index is -0.552. The lowest BCUT2D eigenvalue weighted by Crippen LogP contribution is -2.43. The van der Waals surface area contributed by atoms with E-state index in [1.54, 1.807) is 12.0 Å². The van der Waals surface area contributed by atoms with Crippen LogP contribution in [-0.4, -0.2) is 48.9 Å². The summed E-state index contributed by atoms with van der Waals surface area (Å²) in [6.45, 7) is 11.0. The molecule has 8 nitrogen and oxygen atoms in total. The molecule has 0 aliphatic carbocycles. The SMILES string of the molecule is COc1cc(CN(CCCNC(=O)OC(C)(C)C)C(=O)NC(C)C)ccc1OCc1ccccc1. The van der Waals surface area contributed by atoms with Crippen molar-refractivity contribution < 1.29 is 23.8 Å². The van der Waals surface area contributed by atoms with E-state index in [0.29, 0.717) is 44.2 Å². The molecule has 0 atom stereocenters. The Morgan fingerprint density at radius 2 is 1.71 bits per heavy atom. The van der Waals surface area contributed by atoms with Gasteiger partial charge in [0, 0.05) is 25.7 Å². The van der Waals surface area contributed by atoms with Crippen LogP contribution in [0.15, 0.2) is 48.5 Å². The van der Waals surface area contributed by atoms with Crippen LogP contribution in [0.25, 0.3) is 0 Å². The maximum atomic E-state index is 12.8. The van der Waals surface area contributed by atoms with E-state index in [-0.39, 0.29) is 12.1 Å². The molecule has 0 spiro atoms. The van der Waals surface area contributed by atoms with E-state index in [1.165, 1.54) is 0 Å². The Bertz CT molecular complexity index is 942. The Hall–Kier alpha value is -3.42. The van der Waals surface area contributed by atoms with Gasteiger partial charge in [0.25, 0.3) is 0 Å². The van der Waals surface area contributed by atoms with E-state index in [1.807, 2.05) is 83.1 Å². The fourth-order valence-electron chi connectivity index (χ4n) is 3.25. The maximum Gasteiger partial charge on any atom is 0.407 e. The molecule has 0 saturated carbocycles. The average Bonchev–Trinajstić information content (AvgIpc) is 2.79. The van der Waals surface area contributed by atoms with Crippen LogP contribution in [0.3, 0.4) is 0 Å². The molecular formula is C27H39N3O5. The van der Waals surface area contributed by atoms with Gasteiger partial charge in [-0.3, -0.25) is 0 Å². The van der Waals surface area contributed by atoms with Crippen LogP contribution >= 0.6 is 0 Å². The van der Waals surface area contributed by atoms with Gasteiger partial charge >= 0.3 is 12.1 Å². The molecule has 0 aliphatic heterocycles. The van der Waals surface area contributed by atoms with E-state index in [9.17, 15) is 9.59 Å². The third-order valence-electron chi connectivity index (χ3n) is 4.81. The van der Waals surface area contributed by atoms with Crippen LogP contribution in [0.4, 0.5) is 9.59 Å². The van der Waals surface area contributed by atoms with Crippen molar-refractivity contribution in [3.8, 4) is 11.5 Å². The number of urea groups is 1. The fraction of sp³-hybridized carbons (Fsp3) is 0.481. The first-order valence-electron chi connectivity index (χ1n) is 11.9. The molecule has 0 radical (unpaired) electrons. The van der Waals surface area contributed by atoms with Crippen molar-refractivity contribution in [2.45, 2.75) is 65.8 Å². The fourth-order valence-corrected chi connectivity index (χ4v) is 3.25. The predicted molar refractivity (Wildman–Crippen MR) is 137 cm³/mol. The lowest BCUT2D eigenvalue weighted by Gasteiger charge is -2.25. The number of methoxy groups -OCH3 is 1. The summed E-state index contributed by atoms with van der Waals surface area (Å²) in [5.41, 5.74) is 1.42. The minimum Gasteiger partial charge on any atom is -0.493 e. The summed E-state index contributed by atoms with van der Waals surface area (Å²) in [5.74, 6) is 1.24. The molecule has 2 N–H and O–H groups in total. The number of rotatable bonds is 11. The highest BCUT2D eigenvalue weighted by molar-refractivity contribution is 5.74. The summed E-state index contributed by atoms with van der Waals surface area (Å²) in [4.78, 5) is 26.4. The Morgan fingerprint density at radius 1 is 1.00 bits per heavy atom. The number of hydrogen-bond acceptors (Lipinski definition) is 5. The molecule has 0 unspecified atom stereocenters. The number of carbonyl (C=O) groups excluding carboxylic acids is 2. The Kier molecular flexibility index (Phi) is 10.7. The van der Waals surface area contributed by atoms with E-state index >= 15 is 0 Å². The number of amides is 3. The quantitative estimate of drug-likeness (QED) is 0.432. The van der Waals surface area contributed by atoms with Crippen molar-refractivity contribution >= 4 is 12.1 Å². The summed E-state index contributed by atoms with van der Waals surface area (Å²) >= 11 is 0. The molecule has 3 amide bonds. The second-order valence-corrected chi connectivity index (χ2v) is 9.57. The number of nitrogens with one attached hydrogen (secondary N) is 2. The molecular weight excluding hydrogens is 446 g/mol. The lowest BCUT2D eigenvalue weighted by atomic mass is 10.1. The van der Waals surface area contributed by atoms with E-state index in [2.05, 4.69) is 10.6 Å². The van der Waals surface area contributed by atoms with Crippen LogP contribution in [0.2, 0.25) is 0 Å². The average molecular weight is 486 g/mol. The smallest absolute Gasteiger partial charge is 0.407 e. The minimum absolute atomic E-state index is 0.00758. The second kappa shape index (κ2) is 13.5. The van der Waals surface area contributed by atoms with Gasteiger partial charge in [-0.2, -0.15) is 0 Å². The zero-order valence-corrected chi connectivity index (χ0v) is 21.7. The third-order valence-corrected chi connectivity index (χ3v) is 4.81. The van der Waals surface area contributed by atoms with Crippen LogP contribution in [0.1, 0.15) is 52.2 Å². The monoisotopic (exact) mass is 485 g/mol. The van der Waals surface area contributed by atoms with Gasteiger partial charge in [0.05, 0.1) is 7.11 Å². The highest BCUT2D eigenvalue weighted by atomic mass is 16.6. The van der Waals surface area contributed by atoms with Gasteiger partial charge in [-0.1, -0.05) is 36.4 Å². The largest absolute Gasteiger partial charge is 0.493 e. The summed E-state index contributed by atoms with van der Waals surface area (Å²) in [5, 5.41) is 5.68. The standard InChI is InChI=1S/C27H39N3O5/c1-20(2)29-25(31)30(16-10-15-28-26(32)35-27(3,4)5)18-22-13-14-23(24(17-22)33-6)34-19-21-11-8-7-9-12-21/h7-9,11-14,17,20H,10,15-16,18-19H2,1-6H3,(H,28,32)(H,29,31). The Labute approximate surface area is 208 Å². The van der Waals surface area contributed by atoms with Crippen molar-refractivity contribution in [1.29, 1.82) is 0 Å². The highest BCUT2D eigenvalue weighted by Gasteiger charge is 2.18. The third kappa shape index (κ3) is 10.6. The van der Waals surface area contributed by atoms with Gasteiger partial charge in [0.1, 0.15) is 12.2 Å². The molecule has 2 aromatic rings. The van der Waals surface area contributed by atoms with Gasteiger partial charge in [0.2, 0.25) is 0 Å². The highest BCUT2D eigenvalue weighted by Crippen LogP contribution is 2.29. The zero-order valence-electron chi connectivity index (χ0n) is 21.7. The van der Waals surface area contributed by atoms with E-state index in [0.717, 1.165) is 11.1 Å². The topological polar surface area (TPSA) is 89.1 Å². The Morgan fingerprint density at radius 3 is 2.34 bits per heavy atom. The van der Waals surface area contributed by atoms with Crippen molar-refractivity contribution in [3.05, 3.63) is 59.7 Å². The summed E-state index contributed by atoms with van der Waals surface area (Å²) in [7, 11) is 1.60. The summed E-state index contributed by atoms with van der Waals surface area (Å²) in [6, 6.07) is 15.4. The number of alkyl carbamates (subject to hydrolysis) is 1. The van der Waals surface area contributed by atoms with Crippen LogP contribution in [-0.2, 0) is 17.9 Å². The van der Waals surface area contributed by atoms with Gasteiger partial charge in [-0.15, -0.1) is 0 Å². The Balaban J connectivity index is 2.00. The predicted octanol–water partition coefficient (Wildman–Crippen LogP) is 5.11. The van der Waals surface area contributed by atoms with Crippen LogP contribution in [0, 0.1) is 0 Å². The van der Waals surface area contributed by atoms with Crippen molar-refractivity contribution in [1.82, 2.24) is 15.5 Å². The van der Waals surface area contributed by atoms with E-state index < -0.39 is 11.7 Å². The van der Waals surface area contributed by atoms with Crippen molar-refractivity contribution in [2.24, 2.45) is 0 Å². The second-order valence-electron chi connectivity index (χ2n) is 9.57. The number of carbonyl (C=O) groups is 2. The first kappa shape index (κ1) is 27.8. The molecule has 0 heterocycles. The number of benzene rings is 2. The number of hydrogen-bond donors (Lipinski definition) is 2. The first-order chi connectivity index (χ1) is 16.6. The molecule has 2 rings (SSSR count). The van der Waals surface area contributed by atoms with Gasteiger partial charge in [-0.05, 0) is 64.3 Å². The zero-order chi connectivity index (χ0) is 25.8. The normalized spacial score (nSPS) is 11.1. The first-order valence-corrected chi connectivity index (χ1v) is 11.9. The van der Waals surface area contributed by atoms with Gasteiger partial charge in [-0.25, -0.2) is 9.59 Å². The van der Waals surface area contributed by atoms with Gasteiger partial charge in [0.15, 0.2) is 11.5 Å². The molecule has 0 fully saturated rings. The molecule has 0 bridgehead atoms. The molecule has 192 valence electrons. The molecule has 0 aliphatic rings.